The lowest BCUT2D eigenvalue weighted by molar-refractivity contribution is 0.252. The first-order valence-electron chi connectivity index (χ1n) is 7.61. The molecular formula is C15H27N3O2S. The maximum absolute atomic E-state index is 12.3. The van der Waals surface area contributed by atoms with Crippen molar-refractivity contribution in [1.82, 2.24) is 15.0 Å². The molecule has 1 aromatic rings. The second-order valence-corrected chi connectivity index (χ2v) is 8.75. The van der Waals surface area contributed by atoms with Gasteiger partial charge in [-0.3, -0.25) is 0 Å². The highest BCUT2D eigenvalue weighted by molar-refractivity contribution is 7.89. The van der Waals surface area contributed by atoms with Crippen LogP contribution < -0.4 is 10.0 Å². The molecule has 1 fully saturated rings. The molecular weight excluding hydrogens is 286 g/mol. The molecule has 0 unspecified atom stereocenters. The monoisotopic (exact) mass is 313 g/mol. The van der Waals surface area contributed by atoms with Crippen LogP contribution in [0.4, 0.5) is 0 Å². The molecule has 1 aliphatic rings. The standard InChI is InChI=1S/C15H27N3O2S/c1-11(2)15(3,4)10-18-21(19,20)14-7-13(17-9-14)8-16-12-5-6-12/h7,9,11-12,16-18H,5-6,8,10H2,1-4H3. The lowest BCUT2D eigenvalue weighted by Crippen LogP contribution is -2.36. The van der Waals surface area contributed by atoms with Gasteiger partial charge in [0.15, 0.2) is 0 Å². The predicted molar refractivity (Wildman–Crippen MR) is 84.5 cm³/mol. The molecule has 0 aromatic carbocycles. The van der Waals surface area contributed by atoms with E-state index in [9.17, 15) is 8.42 Å². The highest BCUT2D eigenvalue weighted by Gasteiger charge is 2.26. The molecule has 0 amide bonds. The Morgan fingerprint density at radius 3 is 2.62 bits per heavy atom. The van der Waals surface area contributed by atoms with Crippen LogP contribution in [0.2, 0.25) is 0 Å². The van der Waals surface area contributed by atoms with Crippen LogP contribution in [0.5, 0.6) is 0 Å². The maximum Gasteiger partial charge on any atom is 0.242 e. The molecule has 1 aliphatic carbocycles. The number of aromatic nitrogens is 1. The third-order valence-corrected chi connectivity index (χ3v) is 5.85. The van der Waals surface area contributed by atoms with Crippen molar-refractivity contribution in [1.29, 1.82) is 0 Å². The molecule has 0 bridgehead atoms. The summed E-state index contributed by atoms with van der Waals surface area (Å²) >= 11 is 0. The second kappa shape index (κ2) is 6.10. The Labute approximate surface area is 128 Å². The van der Waals surface area contributed by atoms with Crippen LogP contribution in [0.1, 0.15) is 46.2 Å². The Morgan fingerprint density at radius 1 is 1.38 bits per heavy atom. The van der Waals surface area contributed by atoms with E-state index in [1.807, 2.05) is 0 Å². The molecule has 0 spiro atoms. The van der Waals surface area contributed by atoms with Gasteiger partial charge >= 0.3 is 0 Å². The molecule has 0 saturated heterocycles. The summed E-state index contributed by atoms with van der Waals surface area (Å²) in [5.74, 6) is 0.407. The van der Waals surface area contributed by atoms with Gasteiger partial charge in [0.2, 0.25) is 10.0 Å². The van der Waals surface area contributed by atoms with Gasteiger partial charge in [-0.25, -0.2) is 13.1 Å². The number of nitrogens with one attached hydrogen (secondary N) is 3. The molecule has 21 heavy (non-hydrogen) atoms. The zero-order valence-electron chi connectivity index (χ0n) is 13.4. The fourth-order valence-electron chi connectivity index (χ4n) is 1.79. The van der Waals surface area contributed by atoms with E-state index in [0.29, 0.717) is 29.9 Å². The fourth-order valence-corrected chi connectivity index (χ4v) is 3.03. The highest BCUT2D eigenvalue weighted by Crippen LogP contribution is 2.25. The van der Waals surface area contributed by atoms with Crippen molar-refractivity contribution in [2.75, 3.05) is 6.54 Å². The van der Waals surface area contributed by atoms with Crippen molar-refractivity contribution >= 4 is 10.0 Å². The molecule has 3 N–H and O–H groups in total. The van der Waals surface area contributed by atoms with Crippen LogP contribution in [0.3, 0.4) is 0 Å². The van der Waals surface area contributed by atoms with Gasteiger partial charge < -0.3 is 10.3 Å². The van der Waals surface area contributed by atoms with Crippen LogP contribution in [0, 0.1) is 11.3 Å². The summed E-state index contributed by atoms with van der Waals surface area (Å²) in [6.07, 6.45) is 4.00. The molecule has 0 aliphatic heterocycles. The van der Waals surface area contributed by atoms with Crippen molar-refractivity contribution < 1.29 is 8.42 Å². The van der Waals surface area contributed by atoms with E-state index in [-0.39, 0.29) is 5.41 Å². The summed E-state index contributed by atoms with van der Waals surface area (Å²) < 4.78 is 27.3. The molecule has 0 radical (unpaired) electrons. The number of hydrogen-bond acceptors (Lipinski definition) is 3. The van der Waals surface area contributed by atoms with E-state index < -0.39 is 10.0 Å². The first-order chi connectivity index (χ1) is 9.71. The maximum atomic E-state index is 12.3. The fraction of sp³-hybridized carbons (Fsp3) is 0.733. The van der Waals surface area contributed by atoms with Gasteiger partial charge in [-0.1, -0.05) is 27.7 Å². The van der Waals surface area contributed by atoms with E-state index in [1.165, 1.54) is 12.8 Å². The molecule has 2 rings (SSSR count). The Bertz CT molecular complexity index is 571. The first kappa shape index (κ1) is 16.5. The molecule has 1 saturated carbocycles. The van der Waals surface area contributed by atoms with E-state index in [2.05, 4.69) is 42.7 Å². The Hall–Kier alpha value is -0.850. The van der Waals surface area contributed by atoms with Crippen molar-refractivity contribution in [3.63, 3.8) is 0 Å². The van der Waals surface area contributed by atoms with Crippen LogP contribution in [0.25, 0.3) is 0 Å². The van der Waals surface area contributed by atoms with Gasteiger partial charge in [-0.15, -0.1) is 0 Å². The zero-order valence-corrected chi connectivity index (χ0v) is 14.2. The zero-order chi connectivity index (χ0) is 15.7. The first-order valence-corrected chi connectivity index (χ1v) is 9.09. The molecule has 1 heterocycles. The van der Waals surface area contributed by atoms with Crippen molar-refractivity contribution in [3.8, 4) is 0 Å². The Kier molecular flexibility index (Phi) is 4.80. The van der Waals surface area contributed by atoms with Gasteiger partial charge in [-0.05, 0) is 30.2 Å². The van der Waals surface area contributed by atoms with Gasteiger partial charge in [-0.2, -0.15) is 0 Å². The topological polar surface area (TPSA) is 74.0 Å². The summed E-state index contributed by atoms with van der Waals surface area (Å²) in [7, 11) is -3.44. The lowest BCUT2D eigenvalue weighted by atomic mass is 9.81. The largest absolute Gasteiger partial charge is 0.363 e. The lowest BCUT2D eigenvalue weighted by Gasteiger charge is -2.29. The van der Waals surface area contributed by atoms with Gasteiger partial charge in [0, 0.05) is 31.0 Å². The average Bonchev–Trinajstić information content (AvgIpc) is 3.10. The van der Waals surface area contributed by atoms with Crippen molar-refractivity contribution in [2.24, 2.45) is 11.3 Å². The molecule has 5 nitrogen and oxygen atoms in total. The van der Waals surface area contributed by atoms with E-state index in [4.69, 9.17) is 0 Å². The summed E-state index contributed by atoms with van der Waals surface area (Å²) in [5.41, 5.74) is 0.838. The minimum absolute atomic E-state index is 0.0697. The number of rotatable bonds is 8. The average molecular weight is 313 g/mol. The second-order valence-electron chi connectivity index (χ2n) is 6.98. The number of hydrogen-bond donors (Lipinski definition) is 3. The SMILES string of the molecule is CC(C)C(C)(C)CNS(=O)(=O)c1c[nH]c(CNC2CC2)c1. The quantitative estimate of drug-likeness (QED) is 0.689. The number of sulfonamides is 1. The summed E-state index contributed by atoms with van der Waals surface area (Å²) in [5, 5.41) is 3.36. The third-order valence-electron chi connectivity index (χ3n) is 4.47. The van der Waals surface area contributed by atoms with Gasteiger partial charge in [0.25, 0.3) is 0 Å². The molecule has 0 atom stereocenters. The highest BCUT2D eigenvalue weighted by atomic mass is 32.2. The van der Waals surface area contributed by atoms with Crippen LogP contribution in [-0.4, -0.2) is 26.0 Å². The third kappa shape index (κ3) is 4.56. The minimum atomic E-state index is -3.44. The minimum Gasteiger partial charge on any atom is -0.363 e. The Balaban J connectivity index is 1.95. The summed E-state index contributed by atoms with van der Waals surface area (Å²) in [6.45, 7) is 9.48. The predicted octanol–water partition coefficient (Wildman–Crippen LogP) is 2.23. The molecule has 1 aromatic heterocycles. The summed E-state index contributed by atoms with van der Waals surface area (Å²) in [4.78, 5) is 3.35. The van der Waals surface area contributed by atoms with E-state index >= 15 is 0 Å². The Morgan fingerprint density at radius 2 is 2.05 bits per heavy atom. The smallest absolute Gasteiger partial charge is 0.242 e. The number of aromatic amines is 1. The molecule has 6 heteroatoms. The molecule has 120 valence electrons. The van der Waals surface area contributed by atoms with Crippen LogP contribution in [-0.2, 0) is 16.6 Å². The van der Waals surface area contributed by atoms with Crippen LogP contribution >= 0.6 is 0 Å². The van der Waals surface area contributed by atoms with E-state index in [1.54, 1.807) is 12.3 Å². The number of H-pyrrole nitrogens is 1. The van der Waals surface area contributed by atoms with Gasteiger partial charge in [0.05, 0.1) is 4.90 Å². The normalized spacial score (nSPS) is 16.6. The van der Waals surface area contributed by atoms with Crippen molar-refractivity contribution in [2.45, 2.75) is 58.0 Å². The van der Waals surface area contributed by atoms with Crippen molar-refractivity contribution in [3.05, 3.63) is 18.0 Å². The van der Waals surface area contributed by atoms with E-state index in [0.717, 1.165) is 5.69 Å². The van der Waals surface area contributed by atoms with Crippen LogP contribution in [0.15, 0.2) is 17.2 Å². The summed E-state index contributed by atoms with van der Waals surface area (Å²) in [6, 6.07) is 2.32. The van der Waals surface area contributed by atoms with Gasteiger partial charge in [0.1, 0.15) is 0 Å².